The summed E-state index contributed by atoms with van der Waals surface area (Å²) in [5.41, 5.74) is 4.16. The highest BCUT2D eigenvalue weighted by Gasteiger charge is 2.42. The molecule has 11 heteroatoms. The van der Waals surface area contributed by atoms with Gasteiger partial charge in [-0.2, -0.15) is 0 Å². The van der Waals surface area contributed by atoms with E-state index in [1.165, 1.54) is 22.7 Å². The largest absolute Gasteiger partial charge is 0.287 e. The van der Waals surface area contributed by atoms with Gasteiger partial charge < -0.3 is 0 Å². The first kappa shape index (κ1) is 29.3. The lowest BCUT2D eigenvalue weighted by atomic mass is 9.84. The van der Waals surface area contributed by atoms with Gasteiger partial charge in [0.25, 0.3) is 11.4 Å². The van der Waals surface area contributed by atoms with E-state index >= 15 is 0 Å². The summed E-state index contributed by atoms with van der Waals surface area (Å²) in [6.45, 7) is 19.4. The number of benzene rings is 2. The fourth-order valence-corrected chi connectivity index (χ4v) is 10.8. The normalized spacial score (nSPS) is 19.0. The van der Waals surface area contributed by atoms with Gasteiger partial charge in [0.15, 0.2) is 0 Å². The number of allylic oxidation sites excluding steroid dienone is 4. The minimum Gasteiger partial charge on any atom is -0.287 e. The first-order valence-electron chi connectivity index (χ1n) is 14.4. The monoisotopic (exact) mass is 672 g/mol. The Hall–Kier alpha value is -6.08. The lowest BCUT2D eigenvalue weighted by molar-refractivity contribution is 0.106. The summed E-state index contributed by atoms with van der Waals surface area (Å²) >= 11 is 4.56. The summed E-state index contributed by atoms with van der Waals surface area (Å²) in [6, 6.07) is 21.7. The van der Waals surface area contributed by atoms with Crippen molar-refractivity contribution in [2.75, 3.05) is 0 Å². The van der Waals surface area contributed by atoms with Crippen molar-refractivity contribution in [3.8, 4) is 21.9 Å². The minimum absolute atomic E-state index is 0.103. The molecule has 8 nitrogen and oxygen atoms in total. The Morgan fingerprint density at radius 1 is 0.729 bits per heavy atom. The van der Waals surface area contributed by atoms with Gasteiger partial charge >= 0.3 is 0 Å². The highest BCUT2D eigenvalue weighted by atomic mass is 32.1. The molecule has 0 fully saturated rings. The van der Waals surface area contributed by atoms with Crippen LogP contribution in [0.3, 0.4) is 0 Å². The number of nitrogens with zero attached hydrogens (tertiary/aromatic N) is 6. The van der Waals surface area contributed by atoms with Crippen LogP contribution < -0.4 is 0 Å². The molecule has 3 aromatic heterocycles. The van der Waals surface area contributed by atoms with Crippen molar-refractivity contribution in [3.63, 3.8) is 0 Å². The van der Waals surface area contributed by atoms with E-state index in [0.29, 0.717) is 32.3 Å². The number of hydrogen-bond acceptors (Lipinski definition) is 9. The van der Waals surface area contributed by atoms with Crippen molar-refractivity contribution in [2.24, 2.45) is 9.98 Å². The predicted octanol–water partition coefficient (Wildman–Crippen LogP) is 9.58. The van der Waals surface area contributed by atoms with Crippen molar-refractivity contribution < 1.29 is 9.59 Å². The van der Waals surface area contributed by atoms with Crippen LogP contribution >= 0.6 is 34.0 Å². The molecular weight excluding hydrogens is 657 g/mol. The molecule has 0 unspecified atom stereocenters. The number of fused-ring (bicyclic) bond motifs is 7. The van der Waals surface area contributed by atoms with E-state index in [4.69, 9.17) is 23.1 Å². The third kappa shape index (κ3) is 3.94. The van der Waals surface area contributed by atoms with Gasteiger partial charge in [0, 0.05) is 32.4 Å². The number of nitriles is 2. The van der Waals surface area contributed by atoms with Crippen LogP contribution in [0, 0.1) is 35.8 Å². The fraction of sp³-hybridized carbons (Fsp3) is 0.0811. The summed E-state index contributed by atoms with van der Waals surface area (Å²) < 4.78 is 2.06. The number of Topliss-reactive ketones (excluding diaryl/α,β-unsaturated/α-hetero) is 2. The molecule has 8 rings (SSSR count). The quantitative estimate of drug-likeness (QED) is 0.137. The molecule has 0 N–H and O–H groups in total. The Labute approximate surface area is 285 Å². The summed E-state index contributed by atoms with van der Waals surface area (Å²) in [5.74, 6) is -0.618. The molecule has 2 aromatic carbocycles. The average Bonchev–Trinajstić information content (AvgIpc) is 3.90. The second kappa shape index (κ2) is 10.5. The maximum absolute atomic E-state index is 13.4. The molecule has 3 heterocycles. The zero-order valence-corrected chi connectivity index (χ0v) is 27.4. The molecule has 3 aliphatic rings. The molecule has 0 spiro atoms. The molecule has 3 aliphatic carbocycles. The molecule has 0 atom stereocenters. The highest BCUT2D eigenvalue weighted by molar-refractivity contribution is 7.33. The van der Waals surface area contributed by atoms with Crippen LogP contribution in [0.4, 0.5) is 10.0 Å². The third-order valence-electron chi connectivity index (χ3n) is 8.71. The lowest BCUT2D eigenvalue weighted by Gasteiger charge is -2.19. The minimum atomic E-state index is -0.411. The van der Waals surface area contributed by atoms with Gasteiger partial charge in [-0.3, -0.25) is 9.59 Å². The third-order valence-corrected chi connectivity index (χ3v) is 12.2. The molecule has 0 bridgehead atoms. The van der Waals surface area contributed by atoms with Gasteiger partial charge in [0.05, 0.1) is 39.7 Å². The van der Waals surface area contributed by atoms with E-state index in [-0.39, 0.29) is 45.5 Å². The van der Waals surface area contributed by atoms with Crippen molar-refractivity contribution in [2.45, 2.75) is 19.3 Å². The summed E-state index contributed by atoms with van der Waals surface area (Å²) in [7, 11) is 0. The maximum atomic E-state index is 13.4. The average molecular weight is 673 g/mol. The van der Waals surface area contributed by atoms with Crippen LogP contribution in [-0.4, -0.2) is 23.0 Å². The number of carbonyl (C=O) groups is 2. The van der Waals surface area contributed by atoms with E-state index in [9.17, 15) is 20.1 Å². The van der Waals surface area contributed by atoms with Crippen LogP contribution in [0.1, 0.15) is 56.8 Å². The summed E-state index contributed by atoms with van der Waals surface area (Å²) in [4.78, 5) is 45.3. The number of thiophene rings is 3. The molecule has 5 aromatic rings. The van der Waals surface area contributed by atoms with Gasteiger partial charge in [0.1, 0.15) is 21.4 Å². The van der Waals surface area contributed by atoms with Crippen LogP contribution in [0.2, 0.25) is 0 Å². The number of aliphatic imine (C=N–C) groups is 2. The van der Waals surface area contributed by atoms with E-state index in [1.807, 2.05) is 24.3 Å². The summed E-state index contributed by atoms with van der Waals surface area (Å²) in [5, 5.41) is 20.6. The van der Waals surface area contributed by atoms with E-state index < -0.39 is 5.41 Å². The van der Waals surface area contributed by atoms with Crippen LogP contribution in [0.15, 0.2) is 82.0 Å². The molecule has 48 heavy (non-hydrogen) atoms. The van der Waals surface area contributed by atoms with E-state index in [1.54, 1.807) is 59.9 Å². The van der Waals surface area contributed by atoms with Crippen LogP contribution in [0.25, 0.3) is 40.0 Å². The van der Waals surface area contributed by atoms with Gasteiger partial charge in [-0.25, -0.2) is 30.2 Å². The Morgan fingerprint density at radius 3 is 1.73 bits per heavy atom. The summed E-state index contributed by atoms with van der Waals surface area (Å²) in [6.07, 6.45) is 0. The number of carbonyl (C=O) groups excluding carboxylic acids is 2. The van der Waals surface area contributed by atoms with Crippen molar-refractivity contribution in [1.82, 2.24) is 0 Å². The zero-order chi connectivity index (χ0) is 33.5. The standard InChI is InChI=1S/C37H16N6O2S3/c1-37(2)21-13-25(42-30-27(22(15-38)40-3)17-9-5-7-11-19(17)32(30)44)47-34(21)36-29(37)35-24(46-36)14-26(48-35)43-31-28(23(16-39)41-4)18-10-6-8-12-20(18)33(31)45/h5-14H,1-2H3/b27-22+,28-23?,42-30?,43-31?. The first-order chi connectivity index (χ1) is 23.2. The molecule has 0 aliphatic heterocycles. The molecular formula is C37H16N6O2S3. The van der Waals surface area contributed by atoms with Gasteiger partial charge in [-0.1, -0.05) is 62.4 Å². The smallest absolute Gasteiger partial charge is 0.271 e. The Kier molecular flexibility index (Phi) is 6.40. The lowest BCUT2D eigenvalue weighted by Crippen LogP contribution is -2.13. The van der Waals surface area contributed by atoms with Crippen molar-refractivity contribution >= 4 is 87.5 Å². The Morgan fingerprint density at radius 2 is 1.23 bits per heavy atom. The van der Waals surface area contributed by atoms with Crippen LogP contribution in [0.5, 0.6) is 0 Å². The SMILES string of the molecule is [C-]#[N+]C(C#N)=C1C(=Nc2cc3sc4c(c3s2)C(C)(C)c2cc(N=C3C(=O)c5ccccc5/C3=C(/C#N)[N+]#[C-])sc2-4)C(=O)c2ccccc21. The Bertz CT molecular complexity index is 2650. The second-order valence-corrected chi connectivity index (χ2v) is 14.7. The fourth-order valence-electron chi connectivity index (χ4n) is 6.58. The molecule has 0 radical (unpaired) electrons. The maximum Gasteiger partial charge on any atom is 0.271 e. The number of hydrogen-bond donors (Lipinski definition) is 0. The van der Waals surface area contributed by atoms with E-state index in [0.717, 1.165) is 30.3 Å². The van der Waals surface area contributed by atoms with E-state index in [2.05, 4.69) is 23.5 Å². The number of rotatable bonds is 2. The molecule has 0 saturated heterocycles. The van der Waals surface area contributed by atoms with Gasteiger partial charge in [-0.15, -0.1) is 34.0 Å². The molecule has 224 valence electrons. The van der Waals surface area contributed by atoms with Gasteiger partial charge in [0.2, 0.25) is 11.6 Å². The second-order valence-electron chi connectivity index (χ2n) is 11.6. The molecule has 0 amide bonds. The van der Waals surface area contributed by atoms with Crippen molar-refractivity contribution in [3.05, 3.63) is 128 Å². The topological polar surface area (TPSA) is 115 Å². The number of ketones is 2. The predicted molar refractivity (Wildman–Crippen MR) is 189 cm³/mol. The van der Waals surface area contributed by atoms with Gasteiger partial charge in [-0.05, 0) is 34.4 Å². The highest BCUT2D eigenvalue weighted by Crippen LogP contribution is 2.61. The Balaban J connectivity index is 1.22. The van der Waals surface area contributed by atoms with Crippen molar-refractivity contribution in [1.29, 1.82) is 10.5 Å². The van der Waals surface area contributed by atoms with Crippen LogP contribution in [-0.2, 0) is 5.41 Å². The first-order valence-corrected chi connectivity index (χ1v) is 16.9. The molecule has 0 saturated carbocycles. The zero-order valence-electron chi connectivity index (χ0n) is 25.0.